The van der Waals surface area contributed by atoms with Gasteiger partial charge in [0, 0.05) is 23.6 Å². The van der Waals surface area contributed by atoms with Gasteiger partial charge >= 0.3 is 0 Å². The van der Waals surface area contributed by atoms with Gasteiger partial charge in [0.15, 0.2) is 11.6 Å². The Labute approximate surface area is 148 Å². The summed E-state index contributed by atoms with van der Waals surface area (Å²) in [5.74, 6) is 0.408. The molecule has 0 amide bonds. The highest BCUT2D eigenvalue weighted by atomic mass is 19.1. The number of fused-ring (bicyclic) bond motifs is 1. The average molecular weight is 351 g/mol. The number of nitrogens with one attached hydrogen (secondary N) is 3. The first kappa shape index (κ1) is 15.7. The Morgan fingerprint density at radius 3 is 2.85 bits per heavy atom. The highest BCUT2D eigenvalue weighted by Crippen LogP contribution is 2.32. The van der Waals surface area contributed by atoms with Crippen molar-refractivity contribution in [2.75, 3.05) is 16.0 Å². The van der Waals surface area contributed by atoms with Crippen molar-refractivity contribution in [3.05, 3.63) is 66.9 Å². The molecule has 0 radical (unpaired) electrons. The SMILES string of the molecule is Oc1cccc(Nc2ncc(F)c(Nc3ccc4c(c3)NC=CO4)n2)c1. The van der Waals surface area contributed by atoms with Crippen LogP contribution in [0.2, 0.25) is 0 Å². The van der Waals surface area contributed by atoms with Crippen molar-refractivity contribution < 1.29 is 14.2 Å². The van der Waals surface area contributed by atoms with Gasteiger partial charge < -0.3 is 25.8 Å². The first-order valence-electron chi connectivity index (χ1n) is 7.75. The van der Waals surface area contributed by atoms with Gasteiger partial charge in [0.2, 0.25) is 5.95 Å². The van der Waals surface area contributed by atoms with Crippen LogP contribution in [0.4, 0.5) is 33.2 Å². The van der Waals surface area contributed by atoms with E-state index in [1.807, 2.05) is 0 Å². The molecule has 26 heavy (non-hydrogen) atoms. The third-order valence-electron chi connectivity index (χ3n) is 3.59. The monoisotopic (exact) mass is 351 g/mol. The van der Waals surface area contributed by atoms with Gasteiger partial charge in [-0.15, -0.1) is 0 Å². The first-order chi connectivity index (χ1) is 12.7. The van der Waals surface area contributed by atoms with Crippen LogP contribution in [0, 0.1) is 5.82 Å². The third-order valence-corrected chi connectivity index (χ3v) is 3.59. The van der Waals surface area contributed by atoms with Gasteiger partial charge in [-0.05, 0) is 30.3 Å². The van der Waals surface area contributed by atoms with Gasteiger partial charge in [0.1, 0.15) is 17.8 Å². The Morgan fingerprint density at radius 1 is 1.08 bits per heavy atom. The smallest absolute Gasteiger partial charge is 0.229 e. The van der Waals surface area contributed by atoms with E-state index >= 15 is 0 Å². The van der Waals surface area contributed by atoms with Crippen molar-refractivity contribution in [1.29, 1.82) is 0 Å². The molecule has 0 spiro atoms. The second-order valence-electron chi connectivity index (χ2n) is 5.47. The number of phenols is 1. The number of hydrogen-bond acceptors (Lipinski definition) is 7. The fourth-order valence-corrected chi connectivity index (χ4v) is 2.42. The van der Waals surface area contributed by atoms with Crippen LogP contribution in [0.15, 0.2) is 61.1 Å². The maximum atomic E-state index is 14.1. The predicted octanol–water partition coefficient (Wildman–Crippen LogP) is 4.08. The number of anilines is 5. The molecule has 2 heterocycles. The highest BCUT2D eigenvalue weighted by Gasteiger charge is 2.11. The summed E-state index contributed by atoms with van der Waals surface area (Å²) < 4.78 is 19.4. The summed E-state index contributed by atoms with van der Waals surface area (Å²) >= 11 is 0. The largest absolute Gasteiger partial charge is 0.508 e. The van der Waals surface area contributed by atoms with Gasteiger partial charge in [-0.1, -0.05) is 6.07 Å². The topological polar surface area (TPSA) is 91.3 Å². The summed E-state index contributed by atoms with van der Waals surface area (Å²) in [4.78, 5) is 8.06. The molecule has 3 aromatic rings. The fourth-order valence-electron chi connectivity index (χ4n) is 2.42. The number of nitrogens with zero attached hydrogens (tertiary/aromatic N) is 2. The van der Waals surface area contributed by atoms with Crippen molar-refractivity contribution in [1.82, 2.24) is 9.97 Å². The Balaban J connectivity index is 1.57. The summed E-state index contributed by atoms with van der Waals surface area (Å²) in [6.07, 6.45) is 4.27. The molecule has 8 heteroatoms. The zero-order chi connectivity index (χ0) is 17.9. The van der Waals surface area contributed by atoms with E-state index in [2.05, 4.69) is 25.9 Å². The molecule has 4 N–H and O–H groups in total. The van der Waals surface area contributed by atoms with E-state index in [-0.39, 0.29) is 17.5 Å². The van der Waals surface area contributed by atoms with Crippen LogP contribution in [0.5, 0.6) is 11.5 Å². The third kappa shape index (κ3) is 3.34. The van der Waals surface area contributed by atoms with Crippen LogP contribution in [-0.2, 0) is 0 Å². The maximum absolute atomic E-state index is 14.1. The standard InChI is InChI=1S/C18H14FN5O2/c19-14-10-21-18(23-11-2-1-3-13(25)8-11)24-17(14)22-12-4-5-16-15(9-12)20-6-7-26-16/h1-10,20,25H,(H2,21,22,23,24). The van der Waals surface area contributed by atoms with Crippen LogP contribution < -0.4 is 20.7 Å². The number of phenolic OH excluding ortho intramolecular Hbond substituents is 1. The van der Waals surface area contributed by atoms with Crippen molar-refractivity contribution >= 4 is 28.8 Å². The van der Waals surface area contributed by atoms with E-state index in [0.29, 0.717) is 17.1 Å². The average Bonchev–Trinajstić information content (AvgIpc) is 2.64. The molecule has 0 fully saturated rings. The number of aromatic nitrogens is 2. The number of rotatable bonds is 4. The second kappa shape index (κ2) is 6.60. The number of halogens is 1. The first-order valence-corrected chi connectivity index (χ1v) is 7.75. The lowest BCUT2D eigenvalue weighted by Crippen LogP contribution is -2.04. The van der Waals surface area contributed by atoms with Gasteiger partial charge in [-0.3, -0.25) is 0 Å². The normalized spacial score (nSPS) is 11.9. The molecule has 1 aromatic heterocycles. The number of hydrogen-bond donors (Lipinski definition) is 4. The zero-order valence-electron chi connectivity index (χ0n) is 13.4. The van der Waals surface area contributed by atoms with E-state index in [4.69, 9.17) is 4.74 Å². The van der Waals surface area contributed by atoms with Gasteiger partial charge in [0.05, 0.1) is 11.9 Å². The number of ether oxygens (including phenoxy) is 1. The number of benzene rings is 2. The van der Waals surface area contributed by atoms with Crippen LogP contribution in [0.3, 0.4) is 0 Å². The lowest BCUT2D eigenvalue weighted by atomic mass is 10.2. The van der Waals surface area contributed by atoms with Crippen molar-refractivity contribution in [3.8, 4) is 11.5 Å². The second-order valence-corrected chi connectivity index (χ2v) is 5.47. The van der Waals surface area contributed by atoms with E-state index in [0.717, 1.165) is 11.9 Å². The molecule has 7 nitrogen and oxygen atoms in total. The fraction of sp³-hybridized carbons (Fsp3) is 0. The van der Waals surface area contributed by atoms with Gasteiger partial charge in [-0.2, -0.15) is 4.98 Å². The van der Waals surface area contributed by atoms with E-state index in [1.165, 1.54) is 6.07 Å². The molecule has 0 atom stereocenters. The molecule has 4 rings (SSSR count). The molecular weight excluding hydrogens is 337 g/mol. The maximum Gasteiger partial charge on any atom is 0.229 e. The molecule has 1 aliphatic rings. The Bertz CT molecular complexity index is 993. The summed E-state index contributed by atoms with van der Waals surface area (Å²) in [7, 11) is 0. The Hall–Kier alpha value is -3.81. The van der Waals surface area contributed by atoms with Crippen molar-refractivity contribution in [3.63, 3.8) is 0 Å². The minimum Gasteiger partial charge on any atom is -0.508 e. The summed E-state index contributed by atoms with van der Waals surface area (Å²) in [5.41, 5.74) is 1.98. The minimum atomic E-state index is -0.590. The predicted molar refractivity (Wildman–Crippen MR) is 96.5 cm³/mol. The minimum absolute atomic E-state index is 0.0230. The molecule has 0 aliphatic carbocycles. The summed E-state index contributed by atoms with van der Waals surface area (Å²) in [6, 6.07) is 11.8. The van der Waals surface area contributed by atoms with Crippen LogP contribution in [0.25, 0.3) is 0 Å². The lowest BCUT2D eigenvalue weighted by Gasteiger charge is -2.15. The molecule has 0 saturated heterocycles. The highest BCUT2D eigenvalue weighted by molar-refractivity contribution is 5.70. The van der Waals surface area contributed by atoms with Crippen LogP contribution in [0.1, 0.15) is 0 Å². The molecule has 2 aromatic carbocycles. The van der Waals surface area contributed by atoms with Crippen LogP contribution in [-0.4, -0.2) is 15.1 Å². The summed E-state index contributed by atoms with van der Waals surface area (Å²) in [6.45, 7) is 0. The van der Waals surface area contributed by atoms with Gasteiger partial charge in [-0.25, -0.2) is 9.37 Å². The molecule has 0 bridgehead atoms. The molecule has 0 unspecified atom stereocenters. The Morgan fingerprint density at radius 2 is 1.96 bits per heavy atom. The molecule has 1 aliphatic heterocycles. The molecular formula is C18H14FN5O2. The molecule has 0 saturated carbocycles. The molecule has 130 valence electrons. The van der Waals surface area contributed by atoms with E-state index < -0.39 is 5.82 Å². The Kier molecular flexibility index (Phi) is 3.98. The van der Waals surface area contributed by atoms with E-state index in [9.17, 15) is 9.50 Å². The summed E-state index contributed by atoms with van der Waals surface area (Å²) in [5, 5.41) is 18.4. The van der Waals surface area contributed by atoms with Crippen LogP contribution >= 0.6 is 0 Å². The zero-order valence-corrected chi connectivity index (χ0v) is 13.4. The lowest BCUT2D eigenvalue weighted by molar-refractivity contribution is 0.475. The number of aromatic hydroxyl groups is 1. The quantitative estimate of drug-likeness (QED) is 0.563. The van der Waals surface area contributed by atoms with Crippen molar-refractivity contribution in [2.24, 2.45) is 0 Å². The van der Waals surface area contributed by atoms with E-state index in [1.54, 1.807) is 48.9 Å². The van der Waals surface area contributed by atoms with Crippen molar-refractivity contribution in [2.45, 2.75) is 0 Å². The van der Waals surface area contributed by atoms with Gasteiger partial charge in [0.25, 0.3) is 0 Å².